The summed E-state index contributed by atoms with van der Waals surface area (Å²) in [5, 5.41) is 0. The Bertz CT molecular complexity index is 544. The first-order valence-corrected chi connectivity index (χ1v) is 6.69. The Hall–Kier alpha value is -1.90. The molecule has 0 spiro atoms. The van der Waals surface area contributed by atoms with Gasteiger partial charge in [-0.25, -0.2) is 4.98 Å². The van der Waals surface area contributed by atoms with Crippen molar-refractivity contribution in [1.82, 2.24) is 9.55 Å². The summed E-state index contributed by atoms with van der Waals surface area (Å²) in [7, 11) is 0. The summed E-state index contributed by atoms with van der Waals surface area (Å²) in [5.41, 5.74) is 3.61. The van der Waals surface area contributed by atoms with Crippen molar-refractivity contribution in [3.05, 3.63) is 53.6 Å². The molecule has 0 aliphatic rings. The van der Waals surface area contributed by atoms with Crippen LogP contribution in [0.25, 0.3) is 0 Å². The van der Waals surface area contributed by atoms with Gasteiger partial charge < -0.3 is 4.57 Å². The Labute approximate surface area is 114 Å². The van der Waals surface area contributed by atoms with Crippen LogP contribution in [-0.2, 0) is 17.8 Å². The molecule has 0 bridgehead atoms. The van der Waals surface area contributed by atoms with Crippen LogP contribution in [0.2, 0.25) is 0 Å². The van der Waals surface area contributed by atoms with Crippen LogP contribution in [-0.4, -0.2) is 15.3 Å². The van der Waals surface area contributed by atoms with Gasteiger partial charge in [0.1, 0.15) is 5.78 Å². The van der Waals surface area contributed by atoms with E-state index < -0.39 is 0 Å². The molecule has 0 radical (unpaired) electrons. The minimum absolute atomic E-state index is 0.312. The van der Waals surface area contributed by atoms with Crippen molar-refractivity contribution in [2.24, 2.45) is 0 Å². The van der Waals surface area contributed by atoms with Crippen molar-refractivity contribution in [2.75, 3.05) is 0 Å². The lowest BCUT2D eigenvalue weighted by atomic mass is 9.99. The van der Waals surface area contributed by atoms with Gasteiger partial charge in [-0.05, 0) is 31.4 Å². The quantitative estimate of drug-likeness (QED) is 0.796. The molecule has 19 heavy (non-hydrogen) atoms. The van der Waals surface area contributed by atoms with Crippen LogP contribution in [0.5, 0.6) is 0 Å². The predicted octanol–water partition coefficient (Wildman–Crippen LogP) is 3.09. The number of Topliss-reactive ketones (excluding diaryl/α,β-unsaturated/α-hetero) is 1. The summed E-state index contributed by atoms with van der Waals surface area (Å²) in [5.74, 6) is 0.312. The summed E-state index contributed by atoms with van der Waals surface area (Å²) < 4.78 is 2.00. The molecule has 0 unspecified atom stereocenters. The van der Waals surface area contributed by atoms with Crippen LogP contribution in [0.15, 0.2) is 36.9 Å². The smallest absolute Gasteiger partial charge is 0.137 e. The minimum Gasteiger partial charge on any atom is -0.337 e. The van der Waals surface area contributed by atoms with Gasteiger partial charge in [0, 0.05) is 31.8 Å². The second-order valence-electron chi connectivity index (χ2n) is 5.05. The molecule has 1 aromatic carbocycles. The lowest BCUT2D eigenvalue weighted by molar-refractivity contribution is -0.118. The Morgan fingerprint density at radius 1 is 1.32 bits per heavy atom. The molecule has 0 atom stereocenters. The molecule has 1 aromatic heterocycles. The SMILES string of the molecule is Cc1ccc(CC(=O)CCCn2ccnc2)c(C)c1. The summed E-state index contributed by atoms with van der Waals surface area (Å²) >= 11 is 0. The van der Waals surface area contributed by atoms with Crippen LogP contribution >= 0.6 is 0 Å². The molecular formula is C16H20N2O. The summed E-state index contributed by atoms with van der Waals surface area (Å²) in [4.78, 5) is 15.9. The lowest BCUT2D eigenvalue weighted by Crippen LogP contribution is -2.06. The molecule has 100 valence electrons. The standard InChI is InChI=1S/C16H20N2O/c1-13-5-6-15(14(2)10-13)11-16(19)4-3-8-18-9-7-17-12-18/h5-7,9-10,12H,3-4,8,11H2,1-2H3. The Balaban J connectivity index is 1.80. The van der Waals surface area contributed by atoms with E-state index >= 15 is 0 Å². The fraction of sp³-hybridized carbons (Fsp3) is 0.375. The van der Waals surface area contributed by atoms with Crippen molar-refractivity contribution in [3.63, 3.8) is 0 Å². The summed E-state index contributed by atoms with van der Waals surface area (Å²) in [6.07, 6.45) is 7.53. The van der Waals surface area contributed by atoms with Crippen LogP contribution in [0.4, 0.5) is 0 Å². The zero-order valence-corrected chi connectivity index (χ0v) is 11.6. The molecule has 3 nitrogen and oxygen atoms in total. The topological polar surface area (TPSA) is 34.9 Å². The maximum Gasteiger partial charge on any atom is 0.137 e. The zero-order valence-electron chi connectivity index (χ0n) is 11.6. The fourth-order valence-corrected chi connectivity index (χ4v) is 2.22. The van der Waals surface area contributed by atoms with Gasteiger partial charge in [-0.3, -0.25) is 4.79 Å². The minimum atomic E-state index is 0.312. The maximum atomic E-state index is 12.0. The van der Waals surface area contributed by atoms with Crippen molar-refractivity contribution in [3.8, 4) is 0 Å². The van der Waals surface area contributed by atoms with E-state index in [0.29, 0.717) is 18.6 Å². The lowest BCUT2D eigenvalue weighted by Gasteiger charge is -2.06. The molecule has 3 heteroatoms. The first kappa shape index (κ1) is 13.5. The van der Waals surface area contributed by atoms with Gasteiger partial charge in [0.2, 0.25) is 0 Å². The molecule has 0 amide bonds. The monoisotopic (exact) mass is 256 g/mol. The van der Waals surface area contributed by atoms with Gasteiger partial charge in [0.15, 0.2) is 0 Å². The van der Waals surface area contributed by atoms with E-state index in [1.54, 1.807) is 12.5 Å². The number of imidazole rings is 1. The van der Waals surface area contributed by atoms with E-state index in [1.807, 2.05) is 10.8 Å². The molecule has 0 aliphatic carbocycles. The van der Waals surface area contributed by atoms with E-state index in [9.17, 15) is 4.79 Å². The number of ketones is 1. The van der Waals surface area contributed by atoms with Crippen molar-refractivity contribution in [2.45, 2.75) is 39.7 Å². The average Bonchev–Trinajstić information content (AvgIpc) is 2.86. The molecule has 0 N–H and O–H groups in total. The molecular weight excluding hydrogens is 236 g/mol. The first-order chi connectivity index (χ1) is 9.15. The fourth-order valence-electron chi connectivity index (χ4n) is 2.22. The van der Waals surface area contributed by atoms with Gasteiger partial charge in [-0.2, -0.15) is 0 Å². The number of aromatic nitrogens is 2. The number of carbonyl (C=O) groups is 1. The third-order valence-corrected chi connectivity index (χ3v) is 3.32. The molecule has 0 aliphatic heterocycles. The van der Waals surface area contributed by atoms with Gasteiger partial charge >= 0.3 is 0 Å². The van der Waals surface area contributed by atoms with Crippen LogP contribution in [0.3, 0.4) is 0 Å². The van der Waals surface area contributed by atoms with Gasteiger partial charge in [-0.1, -0.05) is 23.8 Å². The number of carbonyl (C=O) groups excluding carboxylic acids is 1. The second kappa shape index (κ2) is 6.32. The van der Waals surface area contributed by atoms with E-state index in [4.69, 9.17) is 0 Å². The molecule has 1 heterocycles. The molecule has 0 saturated carbocycles. The zero-order chi connectivity index (χ0) is 13.7. The Kier molecular flexibility index (Phi) is 4.50. The van der Waals surface area contributed by atoms with Gasteiger partial charge in [0.05, 0.1) is 6.33 Å². The number of aryl methyl sites for hydroxylation is 3. The second-order valence-corrected chi connectivity index (χ2v) is 5.05. The van der Waals surface area contributed by atoms with Gasteiger partial charge in [0.25, 0.3) is 0 Å². The normalized spacial score (nSPS) is 10.6. The van der Waals surface area contributed by atoms with E-state index in [1.165, 1.54) is 11.1 Å². The van der Waals surface area contributed by atoms with E-state index in [0.717, 1.165) is 18.5 Å². The number of hydrogen-bond acceptors (Lipinski definition) is 2. The third-order valence-electron chi connectivity index (χ3n) is 3.32. The highest BCUT2D eigenvalue weighted by molar-refractivity contribution is 5.81. The highest BCUT2D eigenvalue weighted by Crippen LogP contribution is 2.12. The third kappa shape index (κ3) is 4.05. The highest BCUT2D eigenvalue weighted by atomic mass is 16.1. The van der Waals surface area contributed by atoms with Crippen LogP contribution in [0, 0.1) is 13.8 Å². The first-order valence-electron chi connectivity index (χ1n) is 6.69. The molecule has 0 saturated heterocycles. The Morgan fingerprint density at radius 3 is 2.84 bits per heavy atom. The summed E-state index contributed by atoms with van der Waals surface area (Å²) in [6.45, 7) is 5.00. The van der Waals surface area contributed by atoms with Gasteiger partial charge in [-0.15, -0.1) is 0 Å². The van der Waals surface area contributed by atoms with Crippen molar-refractivity contribution >= 4 is 5.78 Å². The molecule has 0 fully saturated rings. The van der Waals surface area contributed by atoms with E-state index in [-0.39, 0.29) is 0 Å². The van der Waals surface area contributed by atoms with Crippen LogP contribution < -0.4 is 0 Å². The van der Waals surface area contributed by atoms with E-state index in [2.05, 4.69) is 37.0 Å². The largest absolute Gasteiger partial charge is 0.337 e. The average molecular weight is 256 g/mol. The molecule has 2 rings (SSSR count). The maximum absolute atomic E-state index is 12.0. The van der Waals surface area contributed by atoms with Crippen LogP contribution in [0.1, 0.15) is 29.5 Å². The number of rotatable bonds is 6. The Morgan fingerprint density at radius 2 is 2.16 bits per heavy atom. The molecule has 2 aromatic rings. The highest BCUT2D eigenvalue weighted by Gasteiger charge is 2.06. The summed E-state index contributed by atoms with van der Waals surface area (Å²) in [6, 6.07) is 6.27. The predicted molar refractivity (Wildman–Crippen MR) is 76.1 cm³/mol. The van der Waals surface area contributed by atoms with Crippen molar-refractivity contribution in [1.29, 1.82) is 0 Å². The van der Waals surface area contributed by atoms with Crippen molar-refractivity contribution < 1.29 is 4.79 Å². The number of nitrogens with zero attached hydrogens (tertiary/aromatic N) is 2. The number of hydrogen-bond donors (Lipinski definition) is 0. The number of benzene rings is 1.